The molecule has 6 N–H and O–H groups in total. The monoisotopic (exact) mass is 751 g/mol. The summed E-state index contributed by atoms with van der Waals surface area (Å²) >= 11 is 0. The van der Waals surface area contributed by atoms with Crippen LogP contribution in [0.2, 0.25) is 0 Å². The smallest absolute Gasteiger partial charge is 0.341 e. The van der Waals surface area contributed by atoms with Crippen molar-refractivity contribution in [1.29, 1.82) is 0 Å². The van der Waals surface area contributed by atoms with Gasteiger partial charge in [0.1, 0.15) is 11.7 Å². The molecule has 4 aliphatic carbocycles. The number of aliphatic hydroxyl groups is 6. The molecule has 300 valence electrons. The zero-order chi connectivity index (χ0) is 39.0. The summed E-state index contributed by atoms with van der Waals surface area (Å²) in [6.07, 6.45) is -4.20. The number of fused-ring (bicyclic) bond motifs is 5. The second-order valence-corrected chi connectivity index (χ2v) is 18.8. The maximum absolute atomic E-state index is 13.7. The SMILES string of the molecule is CC[C@@H](C)C(=O)O[C@H]1[C@@H](O)[C@H]2[C@H](CN3C[C@H](C)CC[C@H]3[C@@]2(C)O)[C@@H]2C[C@@]34O[C@@]5(O)[C@@H](C[C@@H](OC(C)=O)[C@@H]3[C@@]21O)[C@]4(C)CC[C@H]5OC(=O)[C@@](C)(O)[C@H](C)O. The van der Waals surface area contributed by atoms with Crippen LogP contribution in [0.25, 0.3) is 0 Å². The highest BCUT2D eigenvalue weighted by atomic mass is 16.7. The summed E-state index contributed by atoms with van der Waals surface area (Å²) in [7, 11) is 0. The number of esters is 3. The molecule has 1 spiro atoms. The molecular formula is C39H61NO13. The summed E-state index contributed by atoms with van der Waals surface area (Å²) in [6, 6.07) is -0.263. The van der Waals surface area contributed by atoms with Crippen LogP contribution in [0.15, 0.2) is 0 Å². The first-order valence-corrected chi connectivity index (χ1v) is 19.8. The number of aliphatic hydroxyl groups excluding tert-OH is 2. The predicted octanol–water partition coefficient (Wildman–Crippen LogP) is 1.04. The number of hydrogen-bond donors (Lipinski definition) is 6. The van der Waals surface area contributed by atoms with Crippen LogP contribution in [-0.4, -0.2) is 131 Å². The molecule has 0 amide bonds. The van der Waals surface area contributed by atoms with E-state index in [0.717, 1.165) is 26.3 Å². The average molecular weight is 752 g/mol. The number of rotatable bonds is 7. The van der Waals surface area contributed by atoms with E-state index in [4.69, 9.17) is 18.9 Å². The molecule has 0 aromatic heterocycles. The van der Waals surface area contributed by atoms with Gasteiger partial charge in [0.15, 0.2) is 17.8 Å². The van der Waals surface area contributed by atoms with E-state index in [9.17, 15) is 45.0 Å². The Morgan fingerprint density at radius 1 is 1.04 bits per heavy atom. The highest BCUT2D eigenvalue weighted by molar-refractivity contribution is 5.79. The first-order valence-electron chi connectivity index (χ1n) is 19.8. The van der Waals surface area contributed by atoms with Crippen LogP contribution in [0.3, 0.4) is 0 Å². The third-order valence-corrected chi connectivity index (χ3v) is 15.8. The van der Waals surface area contributed by atoms with Gasteiger partial charge < -0.3 is 49.6 Å². The molecule has 4 bridgehead atoms. The molecule has 3 aliphatic heterocycles. The minimum absolute atomic E-state index is 0.00543. The highest BCUT2D eigenvalue weighted by Gasteiger charge is 2.88. The van der Waals surface area contributed by atoms with E-state index < -0.39 is 118 Å². The van der Waals surface area contributed by atoms with Crippen LogP contribution >= 0.6 is 0 Å². The van der Waals surface area contributed by atoms with Crippen molar-refractivity contribution in [2.75, 3.05) is 13.1 Å². The fraction of sp³-hybridized carbons (Fsp3) is 0.923. The molecule has 7 rings (SSSR count). The van der Waals surface area contributed by atoms with Crippen molar-refractivity contribution in [3.8, 4) is 0 Å². The van der Waals surface area contributed by atoms with E-state index in [-0.39, 0.29) is 25.3 Å². The molecule has 0 aromatic rings. The van der Waals surface area contributed by atoms with Crippen molar-refractivity contribution in [2.45, 2.75) is 165 Å². The number of carbonyl (C=O) groups is 3. The molecule has 4 saturated carbocycles. The van der Waals surface area contributed by atoms with Gasteiger partial charge in [-0.15, -0.1) is 0 Å². The molecule has 3 saturated heterocycles. The predicted molar refractivity (Wildman–Crippen MR) is 185 cm³/mol. The maximum Gasteiger partial charge on any atom is 0.341 e. The largest absolute Gasteiger partial charge is 0.462 e. The number of nitrogens with zero attached hydrogens (tertiary/aromatic N) is 1. The summed E-state index contributed by atoms with van der Waals surface area (Å²) in [6.45, 7) is 14.2. The molecule has 3 heterocycles. The van der Waals surface area contributed by atoms with Gasteiger partial charge in [-0.05, 0) is 83.5 Å². The Morgan fingerprint density at radius 2 is 1.72 bits per heavy atom. The Morgan fingerprint density at radius 3 is 2.34 bits per heavy atom. The first-order chi connectivity index (χ1) is 24.5. The van der Waals surface area contributed by atoms with Gasteiger partial charge in [0.05, 0.1) is 35.2 Å². The molecular weight excluding hydrogens is 690 g/mol. The molecule has 0 unspecified atom stereocenters. The van der Waals surface area contributed by atoms with Crippen molar-refractivity contribution in [3.05, 3.63) is 0 Å². The van der Waals surface area contributed by atoms with E-state index in [2.05, 4.69) is 11.8 Å². The van der Waals surface area contributed by atoms with Crippen molar-refractivity contribution < 1.29 is 64.0 Å². The van der Waals surface area contributed by atoms with Crippen LogP contribution in [0, 0.1) is 46.8 Å². The van der Waals surface area contributed by atoms with Gasteiger partial charge in [-0.25, -0.2) is 4.79 Å². The minimum atomic E-state index is -2.27. The first kappa shape index (κ1) is 39.3. The van der Waals surface area contributed by atoms with E-state index in [0.29, 0.717) is 25.3 Å². The standard InChI is InChI=1S/C39H61NO13/c1-9-19(3)32(44)52-31-29(43)28-22(17-40-16-18(2)10-11-26(40)36(28,8)47)23-15-37-30(38(23,31)48)24(50-21(5)42)14-25-34(37,6)13-12-27(39(25,49)53-37)51-33(45)35(7,46)20(4)41/h18-20,22-31,41,43,46-49H,9-17H2,1-8H3/t18-,19-,20+,22-,23+,24-,25+,26+,27-,28-,29+,30+,31+,34+,35+,36-,37-,38+,39+/m1/s1. The van der Waals surface area contributed by atoms with E-state index >= 15 is 0 Å². The van der Waals surface area contributed by atoms with Gasteiger partial charge in [-0.1, -0.05) is 27.7 Å². The second kappa shape index (κ2) is 12.5. The molecule has 53 heavy (non-hydrogen) atoms. The van der Waals surface area contributed by atoms with Gasteiger partial charge in [0.25, 0.3) is 0 Å². The number of piperidine rings is 2. The van der Waals surface area contributed by atoms with Gasteiger partial charge >= 0.3 is 17.9 Å². The second-order valence-electron chi connectivity index (χ2n) is 18.8. The fourth-order valence-electron chi connectivity index (χ4n) is 12.8. The third kappa shape index (κ3) is 5.21. The highest BCUT2D eigenvalue weighted by Crippen LogP contribution is 2.77. The van der Waals surface area contributed by atoms with Gasteiger partial charge in [0, 0.05) is 43.3 Å². The third-order valence-electron chi connectivity index (χ3n) is 15.8. The molecule has 0 radical (unpaired) electrons. The summed E-state index contributed by atoms with van der Waals surface area (Å²) in [5, 5.41) is 72.3. The van der Waals surface area contributed by atoms with Crippen LogP contribution in [0.5, 0.6) is 0 Å². The van der Waals surface area contributed by atoms with E-state index in [1.807, 2.05) is 13.8 Å². The van der Waals surface area contributed by atoms with Crippen molar-refractivity contribution in [3.63, 3.8) is 0 Å². The summed E-state index contributed by atoms with van der Waals surface area (Å²) in [4.78, 5) is 42.0. The molecule has 14 nitrogen and oxygen atoms in total. The van der Waals surface area contributed by atoms with Crippen LogP contribution < -0.4 is 0 Å². The lowest BCUT2D eigenvalue weighted by Gasteiger charge is -2.64. The minimum Gasteiger partial charge on any atom is -0.462 e. The van der Waals surface area contributed by atoms with E-state index in [1.54, 1.807) is 13.8 Å². The fourth-order valence-corrected chi connectivity index (χ4v) is 12.8. The molecule has 19 atom stereocenters. The van der Waals surface area contributed by atoms with E-state index in [1.165, 1.54) is 13.8 Å². The lowest BCUT2D eigenvalue weighted by Crippen LogP contribution is -2.77. The zero-order valence-corrected chi connectivity index (χ0v) is 32.4. The summed E-state index contributed by atoms with van der Waals surface area (Å²) in [5.74, 6) is -8.68. The van der Waals surface area contributed by atoms with Crippen molar-refractivity contribution in [1.82, 2.24) is 4.90 Å². The lowest BCUT2D eigenvalue weighted by molar-refractivity contribution is -0.301. The van der Waals surface area contributed by atoms with Crippen LogP contribution in [0.4, 0.5) is 0 Å². The number of carbonyl (C=O) groups excluding carboxylic acids is 3. The van der Waals surface area contributed by atoms with Crippen LogP contribution in [0.1, 0.15) is 100 Å². The number of hydrogen-bond acceptors (Lipinski definition) is 14. The topological polar surface area (TPSA) is 213 Å². The summed E-state index contributed by atoms with van der Waals surface area (Å²) in [5.41, 5.74) is -8.08. The van der Waals surface area contributed by atoms with Gasteiger partial charge in [-0.3, -0.25) is 14.5 Å². The summed E-state index contributed by atoms with van der Waals surface area (Å²) < 4.78 is 25.0. The maximum atomic E-state index is 13.7. The van der Waals surface area contributed by atoms with Crippen molar-refractivity contribution in [2.24, 2.45) is 46.8 Å². The Hall–Kier alpha value is -1.91. The normalized spacial score (nSPS) is 52.1. The average Bonchev–Trinajstić information content (AvgIpc) is 3.34. The zero-order valence-electron chi connectivity index (χ0n) is 32.4. The van der Waals surface area contributed by atoms with Crippen LogP contribution in [-0.2, 0) is 33.3 Å². The molecule has 0 aromatic carbocycles. The Bertz CT molecular complexity index is 1500. The lowest BCUT2D eigenvalue weighted by atomic mass is 9.49. The van der Waals surface area contributed by atoms with Gasteiger partial charge in [0.2, 0.25) is 5.79 Å². The van der Waals surface area contributed by atoms with Gasteiger partial charge in [-0.2, -0.15) is 0 Å². The number of ether oxygens (including phenoxy) is 4. The molecule has 7 aliphatic rings. The molecule has 14 heteroatoms. The van der Waals surface area contributed by atoms with Crippen molar-refractivity contribution >= 4 is 17.9 Å². The molecule has 7 fully saturated rings. The Balaban J connectivity index is 1.38. The Labute approximate surface area is 311 Å². The Kier molecular flexibility index (Phi) is 9.31. The quantitative estimate of drug-likeness (QED) is 0.159.